The summed E-state index contributed by atoms with van der Waals surface area (Å²) in [6.45, 7) is 8.08. The van der Waals surface area contributed by atoms with Crippen LogP contribution in [-0.2, 0) is 16.6 Å². The number of sulfonamides is 1. The number of aryl methyl sites for hydroxylation is 1. The van der Waals surface area contributed by atoms with Gasteiger partial charge in [-0.15, -0.1) is 0 Å². The first-order valence-electron chi connectivity index (χ1n) is 9.25. The van der Waals surface area contributed by atoms with E-state index in [1.165, 1.54) is 25.6 Å². The fourth-order valence-corrected chi connectivity index (χ4v) is 6.04. The van der Waals surface area contributed by atoms with Gasteiger partial charge in [0.2, 0.25) is 10.0 Å². The van der Waals surface area contributed by atoms with Crippen molar-refractivity contribution in [2.24, 2.45) is 11.8 Å². The van der Waals surface area contributed by atoms with E-state index in [9.17, 15) is 8.42 Å². The van der Waals surface area contributed by atoms with Gasteiger partial charge in [-0.1, -0.05) is 0 Å². The van der Waals surface area contributed by atoms with E-state index in [-0.39, 0.29) is 0 Å². The molecule has 4 fully saturated rings. The number of aromatic nitrogens is 2. The highest BCUT2D eigenvalue weighted by Gasteiger charge is 2.41. The molecule has 4 aliphatic rings. The largest absolute Gasteiger partial charge is 0.298 e. The number of piperidine rings is 1. The molecule has 1 aromatic heterocycles. The van der Waals surface area contributed by atoms with Gasteiger partial charge in [0, 0.05) is 38.8 Å². The van der Waals surface area contributed by atoms with Crippen molar-refractivity contribution in [2.75, 3.05) is 26.2 Å². The highest BCUT2D eigenvalue weighted by Crippen LogP contribution is 2.36. The van der Waals surface area contributed by atoms with Gasteiger partial charge in [-0.05, 0) is 51.4 Å². The Balaban J connectivity index is 1.58. The zero-order chi connectivity index (χ0) is 16.9. The van der Waals surface area contributed by atoms with Crippen LogP contribution in [0.2, 0.25) is 0 Å². The summed E-state index contributed by atoms with van der Waals surface area (Å²) in [6, 6.07) is 0.389. The van der Waals surface area contributed by atoms with Crippen LogP contribution in [0.1, 0.15) is 38.3 Å². The van der Waals surface area contributed by atoms with E-state index in [1.54, 1.807) is 8.99 Å². The van der Waals surface area contributed by atoms with Crippen molar-refractivity contribution in [3.05, 3.63) is 11.9 Å². The van der Waals surface area contributed by atoms with E-state index in [0.717, 1.165) is 31.0 Å². The Morgan fingerprint density at radius 2 is 1.96 bits per heavy atom. The van der Waals surface area contributed by atoms with Gasteiger partial charge >= 0.3 is 0 Å². The van der Waals surface area contributed by atoms with Crippen LogP contribution in [0.3, 0.4) is 0 Å². The molecule has 2 bridgehead atoms. The smallest absolute Gasteiger partial charge is 0.246 e. The van der Waals surface area contributed by atoms with Crippen molar-refractivity contribution < 1.29 is 8.42 Å². The zero-order valence-electron chi connectivity index (χ0n) is 14.7. The number of nitrogens with zero attached hydrogens (tertiary/aromatic N) is 4. The maximum absolute atomic E-state index is 13.2. The van der Waals surface area contributed by atoms with E-state index in [2.05, 4.69) is 10.00 Å². The molecule has 2 atom stereocenters. The molecule has 1 aliphatic carbocycles. The molecule has 0 aromatic carbocycles. The third kappa shape index (κ3) is 2.91. The summed E-state index contributed by atoms with van der Waals surface area (Å²) in [7, 11) is -3.44. The topological polar surface area (TPSA) is 58.4 Å². The minimum atomic E-state index is -3.44. The van der Waals surface area contributed by atoms with Gasteiger partial charge in [-0.3, -0.25) is 9.58 Å². The molecular weight excluding hydrogens is 324 g/mol. The maximum atomic E-state index is 13.2. The molecule has 0 radical (unpaired) electrons. The van der Waals surface area contributed by atoms with Crippen LogP contribution in [0.5, 0.6) is 0 Å². The van der Waals surface area contributed by atoms with Gasteiger partial charge < -0.3 is 0 Å². The summed E-state index contributed by atoms with van der Waals surface area (Å²) in [6.07, 6.45) is 6.53. The third-order valence-corrected chi connectivity index (χ3v) is 7.89. The highest BCUT2D eigenvalue weighted by atomic mass is 32.2. The van der Waals surface area contributed by atoms with E-state index < -0.39 is 10.0 Å². The average molecular weight is 353 g/mol. The molecule has 24 heavy (non-hydrogen) atoms. The Morgan fingerprint density at radius 3 is 2.62 bits per heavy atom. The zero-order valence-corrected chi connectivity index (χ0v) is 15.5. The predicted octanol–water partition coefficient (Wildman–Crippen LogP) is 1.71. The quantitative estimate of drug-likeness (QED) is 0.809. The Bertz CT molecular complexity index is 710. The van der Waals surface area contributed by atoms with Crippen molar-refractivity contribution >= 4 is 10.0 Å². The summed E-state index contributed by atoms with van der Waals surface area (Å²) in [5, 5.41) is 4.24. The molecule has 0 spiro atoms. The normalized spacial score (nSPS) is 29.1. The fourth-order valence-electron chi connectivity index (χ4n) is 4.33. The molecule has 3 aliphatic heterocycles. The second-order valence-electron chi connectivity index (χ2n) is 7.73. The second-order valence-corrected chi connectivity index (χ2v) is 9.63. The van der Waals surface area contributed by atoms with Gasteiger partial charge in [0.15, 0.2) is 0 Å². The fraction of sp³-hybridized carbons (Fsp3) is 0.824. The van der Waals surface area contributed by atoms with E-state index >= 15 is 0 Å². The molecule has 0 unspecified atom stereocenters. The van der Waals surface area contributed by atoms with E-state index in [1.807, 2.05) is 13.8 Å². The summed E-state index contributed by atoms with van der Waals surface area (Å²) in [5.41, 5.74) is 0.754. The van der Waals surface area contributed by atoms with Crippen molar-refractivity contribution in [1.82, 2.24) is 19.0 Å². The van der Waals surface area contributed by atoms with Crippen LogP contribution in [-0.4, -0.2) is 59.6 Å². The monoisotopic (exact) mass is 352 g/mol. The average Bonchev–Trinajstić information content (AvgIpc) is 3.33. The van der Waals surface area contributed by atoms with E-state index in [0.29, 0.717) is 36.5 Å². The molecule has 134 valence electrons. The number of hydrogen-bond donors (Lipinski definition) is 0. The summed E-state index contributed by atoms with van der Waals surface area (Å²) < 4.78 is 29.9. The van der Waals surface area contributed by atoms with Gasteiger partial charge in [-0.25, -0.2) is 8.42 Å². The van der Waals surface area contributed by atoms with Gasteiger partial charge in [-0.2, -0.15) is 9.40 Å². The lowest BCUT2D eigenvalue weighted by Gasteiger charge is -2.36. The Hall–Kier alpha value is -0.920. The lowest BCUT2D eigenvalue weighted by Crippen LogP contribution is -2.45. The lowest BCUT2D eigenvalue weighted by atomic mass is 9.95. The van der Waals surface area contributed by atoms with Crippen LogP contribution in [0.4, 0.5) is 0 Å². The first kappa shape index (κ1) is 16.5. The summed E-state index contributed by atoms with van der Waals surface area (Å²) in [4.78, 5) is 2.96. The van der Waals surface area contributed by atoms with Gasteiger partial charge in [0.25, 0.3) is 0 Å². The lowest BCUT2D eigenvalue weighted by molar-refractivity contribution is 0.127. The molecule has 4 heterocycles. The Morgan fingerprint density at radius 1 is 1.17 bits per heavy atom. The molecule has 1 aromatic rings. The minimum Gasteiger partial charge on any atom is -0.298 e. The Kier molecular flexibility index (Phi) is 4.21. The highest BCUT2D eigenvalue weighted by molar-refractivity contribution is 7.89. The first-order valence-corrected chi connectivity index (χ1v) is 10.7. The van der Waals surface area contributed by atoms with Crippen molar-refractivity contribution in [1.29, 1.82) is 0 Å². The molecule has 5 rings (SSSR count). The molecule has 3 saturated heterocycles. The van der Waals surface area contributed by atoms with Crippen molar-refractivity contribution in [3.8, 4) is 0 Å². The Labute approximate surface area is 144 Å². The van der Waals surface area contributed by atoms with Crippen molar-refractivity contribution in [2.45, 2.75) is 57.0 Å². The number of rotatable bonds is 5. The predicted molar refractivity (Wildman–Crippen MR) is 92.2 cm³/mol. The molecule has 0 N–H and O–H groups in total. The standard InChI is InChI=1S/C17H28N4O2S/c1-3-21-13(2)17(8-18-21)24(22,23)20-11-15-6-7-16(12-20)19(10-15)9-14-4-5-14/h8,14-16H,3-7,9-12H2,1-2H3/t15-,16-/m1/s1. The maximum Gasteiger partial charge on any atom is 0.246 e. The molecule has 6 nitrogen and oxygen atoms in total. The van der Waals surface area contributed by atoms with Gasteiger partial charge in [0.05, 0.1) is 11.9 Å². The van der Waals surface area contributed by atoms with Crippen molar-refractivity contribution in [3.63, 3.8) is 0 Å². The minimum absolute atomic E-state index is 0.388. The van der Waals surface area contributed by atoms with Gasteiger partial charge in [0.1, 0.15) is 4.90 Å². The van der Waals surface area contributed by atoms with Crippen LogP contribution in [0.25, 0.3) is 0 Å². The number of hydrogen-bond acceptors (Lipinski definition) is 4. The SMILES string of the molecule is CCn1ncc(S(=O)(=O)N2C[C@@H]3CC[C@H](C2)N(CC2CC2)C3)c1C. The second kappa shape index (κ2) is 6.11. The molecule has 0 amide bonds. The van der Waals surface area contributed by atoms with E-state index in [4.69, 9.17) is 0 Å². The summed E-state index contributed by atoms with van der Waals surface area (Å²) in [5.74, 6) is 1.33. The molecular formula is C17H28N4O2S. The molecule has 1 saturated carbocycles. The first-order chi connectivity index (χ1) is 11.5. The number of fused-ring (bicyclic) bond motifs is 4. The van der Waals surface area contributed by atoms with Crippen LogP contribution >= 0.6 is 0 Å². The van der Waals surface area contributed by atoms with Crippen LogP contribution < -0.4 is 0 Å². The van der Waals surface area contributed by atoms with Crippen LogP contribution in [0, 0.1) is 18.8 Å². The van der Waals surface area contributed by atoms with Crippen LogP contribution in [0.15, 0.2) is 11.1 Å². The molecule has 7 heteroatoms. The third-order valence-electron chi connectivity index (χ3n) is 5.96. The summed E-state index contributed by atoms with van der Waals surface area (Å²) >= 11 is 0.